The highest BCUT2D eigenvalue weighted by molar-refractivity contribution is 5.98. The average Bonchev–Trinajstić information content (AvgIpc) is 2.42. The van der Waals surface area contributed by atoms with Gasteiger partial charge in [-0.05, 0) is 51.8 Å². The molecule has 0 aliphatic heterocycles. The fraction of sp³-hybridized carbons (Fsp3) is 0.412. The highest BCUT2D eigenvalue weighted by atomic mass is 16.2. The molecule has 21 heavy (non-hydrogen) atoms. The van der Waals surface area contributed by atoms with Gasteiger partial charge in [0.25, 0.3) is 11.8 Å². The van der Waals surface area contributed by atoms with Crippen molar-refractivity contribution in [2.45, 2.75) is 46.6 Å². The maximum Gasteiger partial charge on any atom is 0.272 e. The van der Waals surface area contributed by atoms with E-state index in [1.54, 1.807) is 19.1 Å². The van der Waals surface area contributed by atoms with E-state index in [2.05, 4.69) is 18.9 Å². The molecule has 0 unspecified atom stereocenters. The standard InChI is InChI=1S/C17H24N2O2/c1-7-13-8-10-14(11-9-13)16(21)19(17(4,5)6)18-15(20)12(2)3/h8-11H,2,7H2,1,3-6H3,(H,18,20). The van der Waals surface area contributed by atoms with Crippen LogP contribution in [0.2, 0.25) is 0 Å². The number of aryl methyl sites for hydroxylation is 1. The molecular formula is C17H24N2O2. The number of hydrogen-bond donors (Lipinski definition) is 1. The molecule has 0 radical (unpaired) electrons. The Morgan fingerprint density at radius 1 is 1.19 bits per heavy atom. The zero-order valence-electron chi connectivity index (χ0n) is 13.5. The molecule has 114 valence electrons. The minimum absolute atomic E-state index is 0.236. The molecule has 1 N–H and O–H groups in total. The fourth-order valence-electron chi connectivity index (χ4n) is 1.73. The van der Waals surface area contributed by atoms with Gasteiger partial charge in [-0.3, -0.25) is 15.0 Å². The van der Waals surface area contributed by atoms with Crippen LogP contribution in [0.5, 0.6) is 0 Å². The molecule has 0 bridgehead atoms. The Hall–Kier alpha value is -2.10. The predicted octanol–water partition coefficient (Wildman–Crippen LogP) is 3.10. The summed E-state index contributed by atoms with van der Waals surface area (Å²) in [4.78, 5) is 24.5. The molecule has 4 heteroatoms. The van der Waals surface area contributed by atoms with E-state index in [1.807, 2.05) is 32.9 Å². The Labute approximate surface area is 126 Å². The number of rotatable bonds is 3. The molecule has 1 aromatic rings. The zero-order chi connectivity index (χ0) is 16.2. The number of hydrogen-bond acceptors (Lipinski definition) is 2. The Kier molecular flexibility index (Phi) is 5.30. The van der Waals surface area contributed by atoms with Gasteiger partial charge in [0, 0.05) is 11.1 Å². The number of nitrogens with zero attached hydrogens (tertiary/aromatic N) is 1. The summed E-state index contributed by atoms with van der Waals surface area (Å²) in [6.07, 6.45) is 0.920. The second-order valence-electron chi connectivity index (χ2n) is 6.08. The minimum Gasteiger partial charge on any atom is -0.268 e. The molecule has 0 saturated carbocycles. The number of carbonyl (C=O) groups excluding carboxylic acids is 2. The molecule has 0 atom stereocenters. The summed E-state index contributed by atoms with van der Waals surface area (Å²) in [6.45, 7) is 12.9. The van der Waals surface area contributed by atoms with E-state index >= 15 is 0 Å². The van der Waals surface area contributed by atoms with Gasteiger partial charge in [0.05, 0.1) is 5.54 Å². The smallest absolute Gasteiger partial charge is 0.268 e. The van der Waals surface area contributed by atoms with E-state index in [0.29, 0.717) is 11.1 Å². The maximum absolute atomic E-state index is 12.6. The summed E-state index contributed by atoms with van der Waals surface area (Å²) in [5, 5.41) is 1.35. The van der Waals surface area contributed by atoms with Crippen LogP contribution in [0.4, 0.5) is 0 Å². The first-order valence-electron chi connectivity index (χ1n) is 7.06. The molecule has 0 fully saturated rings. The van der Waals surface area contributed by atoms with E-state index in [1.165, 1.54) is 10.6 Å². The van der Waals surface area contributed by atoms with Crippen molar-refractivity contribution in [3.63, 3.8) is 0 Å². The molecule has 0 aliphatic rings. The Balaban J connectivity index is 3.04. The molecular weight excluding hydrogens is 264 g/mol. The van der Waals surface area contributed by atoms with E-state index in [4.69, 9.17) is 0 Å². The average molecular weight is 288 g/mol. The topological polar surface area (TPSA) is 49.4 Å². The van der Waals surface area contributed by atoms with Crippen molar-refractivity contribution in [3.05, 3.63) is 47.5 Å². The molecule has 0 aliphatic carbocycles. The third-order valence-electron chi connectivity index (χ3n) is 3.08. The van der Waals surface area contributed by atoms with Crippen LogP contribution in [0.25, 0.3) is 0 Å². The van der Waals surface area contributed by atoms with Crippen LogP contribution < -0.4 is 5.43 Å². The van der Waals surface area contributed by atoms with Gasteiger partial charge in [0.2, 0.25) is 0 Å². The number of benzene rings is 1. The van der Waals surface area contributed by atoms with Gasteiger partial charge in [-0.25, -0.2) is 5.01 Å². The van der Waals surface area contributed by atoms with Gasteiger partial charge in [-0.2, -0.15) is 0 Å². The van der Waals surface area contributed by atoms with Gasteiger partial charge in [-0.15, -0.1) is 0 Å². The maximum atomic E-state index is 12.6. The highest BCUT2D eigenvalue weighted by Crippen LogP contribution is 2.16. The molecule has 0 aromatic heterocycles. The van der Waals surface area contributed by atoms with Crippen molar-refractivity contribution in [2.75, 3.05) is 0 Å². The van der Waals surface area contributed by atoms with Crippen LogP contribution in [0.3, 0.4) is 0 Å². The molecule has 4 nitrogen and oxygen atoms in total. The van der Waals surface area contributed by atoms with Crippen molar-refractivity contribution in [3.8, 4) is 0 Å². The number of amides is 2. The summed E-state index contributed by atoms with van der Waals surface area (Å²) < 4.78 is 0. The first-order valence-corrected chi connectivity index (χ1v) is 7.06. The third-order valence-corrected chi connectivity index (χ3v) is 3.08. The van der Waals surface area contributed by atoms with E-state index in [-0.39, 0.29) is 11.8 Å². The van der Waals surface area contributed by atoms with Crippen molar-refractivity contribution in [2.24, 2.45) is 0 Å². The quantitative estimate of drug-likeness (QED) is 0.686. The predicted molar refractivity (Wildman–Crippen MR) is 84.7 cm³/mol. The molecule has 1 aromatic carbocycles. The van der Waals surface area contributed by atoms with Gasteiger partial charge in [-0.1, -0.05) is 25.6 Å². The second-order valence-corrected chi connectivity index (χ2v) is 6.08. The van der Waals surface area contributed by atoms with E-state index in [9.17, 15) is 9.59 Å². The highest BCUT2D eigenvalue weighted by Gasteiger charge is 2.29. The molecule has 1 rings (SSSR count). The van der Waals surface area contributed by atoms with Crippen LogP contribution in [-0.4, -0.2) is 22.4 Å². The summed E-state index contributed by atoms with van der Waals surface area (Å²) >= 11 is 0. The third kappa shape index (κ3) is 4.45. The SMILES string of the molecule is C=C(C)C(=O)NN(C(=O)c1ccc(CC)cc1)C(C)(C)C. The Bertz CT molecular complexity index is 539. The van der Waals surface area contributed by atoms with Crippen LogP contribution in [0.15, 0.2) is 36.4 Å². The second kappa shape index (κ2) is 6.57. The van der Waals surface area contributed by atoms with Gasteiger partial charge in [0.15, 0.2) is 0 Å². The largest absolute Gasteiger partial charge is 0.272 e. The normalized spacial score (nSPS) is 10.9. The number of nitrogens with one attached hydrogen (secondary N) is 1. The van der Waals surface area contributed by atoms with Crippen molar-refractivity contribution < 1.29 is 9.59 Å². The molecule has 2 amide bonds. The summed E-state index contributed by atoms with van der Waals surface area (Å²) in [6, 6.07) is 7.42. The molecule has 0 heterocycles. The first-order chi connectivity index (χ1) is 9.66. The summed E-state index contributed by atoms with van der Waals surface area (Å²) in [5.41, 5.74) is 4.16. The lowest BCUT2D eigenvalue weighted by Gasteiger charge is -2.35. The van der Waals surface area contributed by atoms with Gasteiger partial charge < -0.3 is 0 Å². The lowest BCUT2D eigenvalue weighted by Crippen LogP contribution is -2.56. The van der Waals surface area contributed by atoms with Gasteiger partial charge >= 0.3 is 0 Å². The van der Waals surface area contributed by atoms with Crippen molar-refractivity contribution >= 4 is 11.8 Å². The fourth-order valence-corrected chi connectivity index (χ4v) is 1.73. The van der Waals surface area contributed by atoms with Gasteiger partial charge in [0.1, 0.15) is 0 Å². The minimum atomic E-state index is -0.536. The molecule has 0 spiro atoms. The lowest BCUT2D eigenvalue weighted by atomic mass is 10.0. The van der Waals surface area contributed by atoms with Crippen LogP contribution in [-0.2, 0) is 11.2 Å². The molecule has 0 saturated heterocycles. The van der Waals surface area contributed by atoms with Crippen molar-refractivity contribution in [1.29, 1.82) is 0 Å². The van der Waals surface area contributed by atoms with Crippen LogP contribution in [0, 0.1) is 0 Å². The van der Waals surface area contributed by atoms with Crippen molar-refractivity contribution in [1.82, 2.24) is 10.4 Å². The zero-order valence-corrected chi connectivity index (χ0v) is 13.5. The number of hydrazine groups is 1. The van der Waals surface area contributed by atoms with E-state index < -0.39 is 5.54 Å². The lowest BCUT2D eigenvalue weighted by molar-refractivity contribution is -0.123. The summed E-state index contributed by atoms with van der Waals surface area (Å²) in [7, 11) is 0. The monoisotopic (exact) mass is 288 g/mol. The summed E-state index contributed by atoms with van der Waals surface area (Å²) in [5.74, 6) is -0.594. The Morgan fingerprint density at radius 2 is 1.71 bits per heavy atom. The van der Waals surface area contributed by atoms with E-state index in [0.717, 1.165) is 6.42 Å². The number of carbonyl (C=O) groups is 2. The van der Waals surface area contributed by atoms with Crippen LogP contribution >= 0.6 is 0 Å². The first kappa shape index (κ1) is 17.0. The van der Waals surface area contributed by atoms with Crippen LogP contribution in [0.1, 0.15) is 50.5 Å². The Morgan fingerprint density at radius 3 is 2.10 bits per heavy atom.